The maximum Gasteiger partial charge on any atom is 0.242 e. The third-order valence-corrected chi connectivity index (χ3v) is 9.77. The van der Waals surface area contributed by atoms with E-state index in [2.05, 4.69) is 29.2 Å². The number of aliphatic hydroxyl groups is 1. The highest BCUT2D eigenvalue weighted by molar-refractivity contribution is 5.83. The number of amides is 1. The summed E-state index contributed by atoms with van der Waals surface area (Å²) in [6, 6.07) is 16.0. The second-order valence-corrected chi connectivity index (χ2v) is 11.6. The third-order valence-electron chi connectivity index (χ3n) is 9.77. The van der Waals surface area contributed by atoms with Crippen LogP contribution in [0.2, 0.25) is 0 Å². The van der Waals surface area contributed by atoms with Crippen LogP contribution in [0, 0.1) is 5.92 Å². The number of hydrogen-bond donors (Lipinski definition) is 2. The maximum atomic E-state index is 13.6. The largest absolute Gasteiger partial charge is 0.508 e. The van der Waals surface area contributed by atoms with Crippen molar-refractivity contribution >= 4 is 16.8 Å². The molecule has 2 saturated heterocycles. The SMILES string of the molecule is O=C(Cn1ccc2ccccc21)N1CCC23CCN(CC4CC4)C(Cc4ccc(O)cc42)C3(O)CC1. The number of para-hydroxylation sites is 1. The molecule has 1 amide bonds. The van der Waals surface area contributed by atoms with Crippen LogP contribution < -0.4 is 0 Å². The van der Waals surface area contributed by atoms with E-state index >= 15 is 0 Å². The quantitative estimate of drug-likeness (QED) is 0.592. The van der Waals surface area contributed by atoms with Gasteiger partial charge in [0.1, 0.15) is 12.3 Å². The van der Waals surface area contributed by atoms with Gasteiger partial charge in [-0.15, -0.1) is 0 Å². The summed E-state index contributed by atoms with van der Waals surface area (Å²) in [4.78, 5) is 18.1. The number of fused-ring (bicyclic) bond motifs is 2. The number of hydrogen-bond acceptors (Lipinski definition) is 4. The molecule has 3 aromatic rings. The summed E-state index contributed by atoms with van der Waals surface area (Å²) >= 11 is 0. The van der Waals surface area contributed by atoms with Crippen molar-refractivity contribution in [2.45, 2.75) is 62.1 Å². The van der Waals surface area contributed by atoms with E-state index in [9.17, 15) is 15.0 Å². The number of likely N-dealkylation sites (tertiary alicyclic amines) is 2. The molecule has 3 fully saturated rings. The molecule has 1 aromatic heterocycles. The molecule has 2 bridgehead atoms. The van der Waals surface area contributed by atoms with Gasteiger partial charge in [0, 0.05) is 42.8 Å². The summed E-state index contributed by atoms with van der Waals surface area (Å²) in [5, 5.41) is 24.2. The second kappa shape index (κ2) is 8.09. The van der Waals surface area contributed by atoms with Crippen LogP contribution in [0.5, 0.6) is 5.75 Å². The summed E-state index contributed by atoms with van der Waals surface area (Å²) in [5.41, 5.74) is 2.09. The van der Waals surface area contributed by atoms with Crippen molar-refractivity contribution in [1.29, 1.82) is 0 Å². The van der Waals surface area contributed by atoms with Gasteiger partial charge in [0.15, 0.2) is 0 Å². The molecule has 2 aliphatic heterocycles. The Balaban J connectivity index is 1.21. The lowest BCUT2D eigenvalue weighted by Gasteiger charge is -2.61. The van der Waals surface area contributed by atoms with Crippen LogP contribution in [0.25, 0.3) is 10.9 Å². The lowest BCUT2D eigenvalue weighted by Crippen LogP contribution is -2.71. The lowest BCUT2D eigenvalue weighted by atomic mass is 9.52. The van der Waals surface area contributed by atoms with Gasteiger partial charge in [-0.05, 0) is 91.8 Å². The molecule has 0 radical (unpaired) electrons. The summed E-state index contributed by atoms with van der Waals surface area (Å²) in [7, 11) is 0. The van der Waals surface area contributed by atoms with Gasteiger partial charge in [-0.25, -0.2) is 0 Å². The van der Waals surface area contributed by atoms with E-state index in [0.29, 0.717) is 26.1 Å². The van der Waals surface area contributed by atoms with Gasteiger partial charge in [0.25, 0.3) is 0 Å². The van der Waals surface area contributed by atoms with Crippen LogP contribution in [0.3, 0.4) is 0 Å². The van der Waals surface area contributed by atoms with Crippen molar-refractivity contribution in [2.75, 3.05) is 26.2 Å². The van der Waals surface area contributed by atoms with E-state index in [-0.39, 0.29) is 17.7 Å². The predicted octanol–water partition coefficient (Wildman–Crippen LogP) is 3.68. The number of aromatic hydroxyl groups is 1. The number of carbonyl (C=O) groups is 1. The Morgan fingerprint density at radius 3 is 2.67 bits per heavy atom. The Hall–Kier alpha value is -2.83. The highest BCUT2D eigenvalue weighted by Crippen LogP contribution is 2.56. The minimum atomic E-state index is -0.907. The zero-order chi connectivity index (χ0) is 24.5. The van der Waals surface area contributed by atoms with Gasteiger partial charge in [-0.2, -0.15) is 0 Å². The Labute approximate surface area is 212 Å². The fraction of sp³-hybridized carbons (Fsp3) is 0.500. The fourth-order valence-corrected chi connectivity index (χ4v) is 7.64. The van der Waals surface area contributed by atoms with Crippen molar-refractivity contribution in [2.24, 2.45) is 5.92 Å². The minimum Gasteiger partial charge on any atom is -0.508 e. The monoisotopic (exact) mass is 485 g/mol. The molecule has 6 nitrogen and oxygen atoms in total. The molecule has 3 atom stereocenters. The molecule has 2 aliphatic carbocycles. The molecule has 36 heavy (non-hydrogen) atoms. The first-order valence-electron chi connectivity index (χ1n) is 13.6. The Bertz CT molecular complexity index is 1330. The van der Waals surface area contributed by atoms with Crippen LogP contribution in [0.15, 0.2) is 54.7 Å². The van der Waals surface area contributed by atoms with Crippen molar-refractivity contribution < 1.29 is 15.0 Å². The Morgan fingerprint density at radius 1 is 1.00 bits per heavy atom. The Morgan fingerprint density at radius 2 is 1.81 bits per heavy atom. The molecule has 2 N–H and O–H groups in total. The summed E-state index contributed by atoms with van der Waals surface area (Å²) in [5.74, 6) is 1.14. The minimum absolute atomic E-state index is 0.0623. The van der Waals surface area contributed by atoms with Crippen LogP contribution in [0.1, 0.15) is 43.2 Å². The first-order chi connectivity index (χ1) is 17.5. The van der Waals surface area contributed by atoms with E-state index in [1.807, 2.05) is 33.9 Å². The molecule has 188 valence electrons. The molecule has 1 saturated carbocycles. The average molecular weight is 486 g/mol. The number of nitrogens with zero attached hydrogens (tertiary/aromatic N) is 3. The number of rotatable bonds is 4. The van der Waals surface area contributed by atoms with Gasteiger partial charge in [-0.1, -0.05) is 24.3 Å². The number of phenols is 1. The molecular formula is C30H35N3O3. The first kappa shape index (κ1) is 22.4. The van der Waals surface area contributed by atoms with Crippen LogP contribution in [0.4, 0.5) is 0 Å². The molecule has 3 unspecified atom stereocenters. The standard InChI is InChI=1S/C30H35N3O3/c34-24-8-7-23-17-27-30(36)12-16-31(28(35)20-32-13-9-22-3-1-2-4-26(22)32)14-10-29(30,25(23)18-24)11-15-33(27)19-21-5-6-21/h1-4,7-9,13,18,21,27,34,36H,5-6,10-12,14-17,19-20H2. The highest BCUT2D eigenvalue weighted by Gasteiger charge is 2.63. The van der Waals surface area contributed by atoms with Gasteiger partial charge in [-0.3, -0.25) is 9.69 Å². The third kappa shape index (κ3) is 3.34. The normalized spacial score (nSPS) is 30.0. The molecule has 4 aliphatic rings. The van der Waals surface area contributed by atoms with E-state index < -0.39 is 11.0 Å². The molecule has 2 aromatic carbocycles. The maximum absolute atomic E-state index is 13.6. The van der Waals surface area contributed by atoms with Crippen molar-refractivity contribution in [3.05, 3.63) is 65.9 Å². The number of benzene rings is 2. The smallest absolute Gasteiger partial charge is 0.242 e. The van der Waals surface area contributed by atoms with Crippen molar-refractivity contribution in [3.63, 3.8) is 0 Å². The van der Waals surface area contributed by atoms with E-state index in [1.54, 1.807) is 6.07 Å². The zero-order valence-corrected chi connectivity index (χ0v) is 20.8. The fourth-order valence-electron chi connectivity index (χ4n) is 7.64. The van der Waals surface area contributed by atoms with Gasteiger partial charge < -0.3 is 19.7 Å². The van der Waals surface area contributed by atoms with Gasteiger partial charge >= 0.3 is 0 Å². The van der Waals surface area contributed by atoms with Crippen LogP contribution >= 0.6 is 0 Å². The summed E-state index contributed by atoms with van der Waals surface area (Å²) in [6.07, 6.45) is 7.57. The zero-order valence-electron chi connectivity index (χ0n) is 20.8. The first-order valence-corrected chi connectivity index (χ1v) is 13.6. The highest BCUT2D eigenvalue weighted by atomic mass is 16.3. The number of phenolic OH excluding ortho intramolecular Hbond substituents is 1. The number of carbonyl (C=O) groups excluding carboxylic acids is 1. The topological polar surface area (TPSA) is 68.9 Å². The van der Waals surface area contributed by atoms with Crippen molar-refractivity contribution in [3.8, 4) is 5.75 Å². The summed E-state index contributed by atoms with van der Waals surface area (Å²) < 4.78 is 2.03. The molecule has 7 rings (SSSR count). The van der Waals surface area contributed by atoms with E-state index in [0.717, 1.165) is 54.7 Å². The summed E-state index contributed by atoms with van der Waals surface area (Å²) in [6.45, 7) is 3.55. The molecule has 3 heterocycles. The van der Waals surface area contributed by atoms with Gasteiger partial charge in [0.05, 0.1) is 5.60 Å². The van der Waals surface area contributed by atoms with E-state index in [4.69, 9.17) is 0 Å². The second-order valence-electron chi connectivity index (χ2n) is 11.6. The van der Waals surface area contributed by atoms with E-state index in [1.165, 1.54) is 18.4 Å². The van der Waals surface area contributed by atoms with Gasteiger partial charge in [0.2, 0.25) is 5.91 Å². The average Bonchev–Trinajstić information content (AvgIpc) is 3.63. The molecule has 6 heteroatoms. The van der Waals surface area contributed by atoms with Crippen LogP contribution in [-0.2, 0) is 23.2 Å². The van der Waals surface area contributed by atoms with Crippen LogP contribution in [-0.4, -0.2) is 68.3 Å². The number of piperidine rings is 1. The Kier molecular flexibility index (Phi) is 5.03. The lowest BCUT2D eigenvalue weighted by molar-refractivity contribution is -0.149. The van der Waals surface area contributed by atoms with Crippen molar-refractivity contribution in [1.82, 2.24) is 14.4 Å². The molecule has 0 spiro atoms. The predicted molar refractivity (Wildman–Crippen MR) is 139 cm³/mol. The molecular weight excluding hydrogens is 450 g/mol. The number of aromatic nitrogens is 1.